The van der Waals surface area contributed by atoms with Gasteiger partial charge in [0.2, 0.25) is 0 Å². The van der Waals surface area contributed by atoms with E-state index in [-0.39, 0.29) is 34.3 Å². The number of aromatic nitrogens is 3. The summed E-state index contributed by atoms with van der Waals surface area (Å²) in [7, 11) is 0. The van der Waals surface area contributed by atoms with Crippen LogP contribution < -0.4 is 0 Å². The van der Waals surface area contributed by atoms with Crippen molar-refractivity contribution in [1.82, 2.24) is 14.5 Å². The SMILES string of the molecule is [2H]c1nc(-c2cc(-c3cccc4c3nc(-c3cc(C(C)C)cc(C(C)C)c3O)n4-c3ccc(C([2H])([2H])[2H])cc3-c3ccc(C(C)(C)C)cc3)cc(C(C)(C)C)c2)c([2H])c(-c2c([2H])c([2H])c(C([2H])([2H])[2H])c([2H])c2[2H])c1[2H]. The summed E-state index contributed by atoms with van der Waals surface area (Å²) >= 11 is 0. The van der Waals surface area contributed by atoms with E-state index in [4.69, 9.17) is 21.4 Å². The van der Waals surface area contributed by atoms with E-state index in [0.717, 1.165) is 27.8 Å². The lowest BCUT2D eigenvalue weighted by Gasteiger charge is -2.22. The van der Waals surface area contributed by atoms with Crippen LogP contribution in [0.2, 0.25) is 0 Å². The molecule has 0 amide bonds. The lowest BCUT2D eigenvalue weighted by Crippen LogP contribution is -2.11. The van der Waals surface area contributed by atoms with E-state index in [1.165, 1.54) is 0 Å². The molecule has 2 aromatic heterocycles. The molecule has 0 bridgehead atoms. The first kappa shape index (κ1) is 29.1. The minimum atomic E-state index is -2.99. The third kappa shape index (κ3) is 8.23. The molecule has 0 atom stereocenters. The molecule has 0 aliphatic heterocycles. The Kier molecular flexibility index (Phi) is 7.61. The maximum Gasteiger partial charge on any atom is 0.149 e. The fourth-order valence-corrected chi connectivity index (χ4v) is 7.86. The molecule has 2 heterocycles. The van der Waals surface area contributed by atoms with Gasteiger partial charge in [-0.15, -0.1) is 0 Å². The van der Waals surface area contributed by atoms with Crippen molar-refractivity contribution in [1.29, 1.82) is 0 Å². The summed E-state index contributed by atoms with van der Waals surface area (Å²) in [6, 6.07) is 24.2. The van der Waals surface area contributed by atoms with E-state index >= 15 is 0 Å². The molecular formula is C58H61N3O. The third-order valence-electron chi connectivity index (χ3n) is 11.5. The number of aromatic hydroxyl groups is 1. The second kappa shape index (κ2) is 16.2. The molecule has 6 aromatic carbocycles. The summed E-state index contributed by atoms with van der Waals surface area (Å²) in [4.78, 5) is 9.91. The number of aryl methyl sites for hydroxylation is 1. The highest BCUT2D eigenvalue weighted by Crippen LogP contribution is 2.44. The molecule has 8 aromatic rings. The van der Waals surface area contributed by atoms with Crippen molar-refractivity contribution in [3.05, 3.63) is 167 Å². The topological polar surface area (TPSA) is 50.9 Å². The van der Waals surface area contributed by atoms with Crippen LogP contribution in [0.1, 0.15) is 132 Å². The lowest BCUT2D eigenvalue weighted by molar-refractivity contribution is 0.466. The number of fused-ring (bicyclic) bond motifs is 1. The van der Waals surface area contributed by atoms with Crippen molar-refractivity contribution in [2.45, 2.75) is 106 Å². The van der Waals surface area contributed by atoms with Crippen LogP contribution in [0.5, 0.6) is 5.75 Å². The predicted molar refractivity (Wildman–Crippen MR) is 263 cm³/mol. The normalized spacial score (nSPS) is 15.6. The first-order chi connectivity index (χ1) is 34.7. The van der Waals surface area contributed by atoms with Crippen LogP contribution in [-0.4, -0.2) is 19.6 Å². The van der Waals surface area contributed by atoms with E-state index in [0.29, 0.717) is 50.4 Å². The van der Waals surface area contributed by atoms with Crippen LogP contribution in [0.15, 0.2) is 133 Å². The number of phenols is 1. The first-order valence-corrected chi connectivity index (χ1v) is 21.1. The summed E-state index contributed by atoms with van der Waals surface area (Å²) in [5, 5.41) is 12.4. The van der Waals surface area contributed by atoms with Crippen LogP contribution in [0.25, 0.3) is 72.7 Å². The largest absolute Gasteiger partial charge is 0.507 e. The molecule has 0 radical (unpaired) electrons. The fourth-order valence-electron chi connectivity index (χ4n) is 7.86. The van der Waals surface area contributed by atoms with E-state index in [1.807, 2.05) is 106 Å². The van der Waals surface area contributed by atoms with Crippen LogP contribution in [-0.2, 0) is 10.8 Å². The van der Waals surface area contributed by atoms with Gasteiger partial charge in [0.1, 0.15) is 11.6 Å². The highest BCUT2D eigenvalue weighted by atomic mass is 16.3. The van der Waals surface area contributed by atoms with E-state index in [1.54, 1.807) is 24.3 Å². The van der Waals surface area contributed by atoms with Crippen molar-refractivity contribution < 1.29 is 22.9 Å². The molecule has 4 nitrogen and oxygen atoms in total. The summed E-state index contributed by atoms with van der Waals surface area (Å²) in [6.07, 6.45) is -0.599. The van der Waals surface area contributed by atoms with Gasteiger partial charge < -0.3 is 5.11 Å². The van der Waals surface area contributed by atoms with E-state index in [2.05, 4.69) is 39.6 Å². The van der Waals surface area contributed by atoms with Gasteiger partial charge >= 0.3 is 0 Å². The van der Waals surface area contributed by atoms with Gasteiger partial charge in [-0.3, -0.25) is 9.55 Å². The Hall–Kier alpha value is -6.26. The average molecular weight is 829 g/mol. The zero-order valence-corrected chi connectivity index (χ0v) is 37.1. The monoisotopic (exact) mass is 829 g/mol. The Morgan fingerprint density at radius 2 is 1.32 bits per heavy atom. The second-order valence-electron chi connectivity index (χ2n) is 18.8. The minimum absolute atomic E-state index is 0.0587. The summed E-state index contributed by atoms with van der Waals surface area (Å²) in [5.74, 6) is 0.468. The van der Waals surface area contributed by atoms with Crippen LogP contribution in [0.4, 0.5) is 0 Å². The molecule has 62 heavy (non-hydrogen) atoms. The van der Waals surface area contributed by atoms with Crippen LogP contribution >= 0.6 is 0 Å². The fraction of sp³-hybridized carbons (Fsp3) is 0.276. The van der Waals surface area contributed by atoms with Gasteiger partial charge in [-0.05, 0) is 129 Å². The molecule has 0 aliphatic carbocycles. The van der Waals surface area contributed by atoms with Crippen LogP contribution in [0.3, 0.4) is 0 Å². The number of hydrogen-bond acceptors (Lipinski definition) is 3. The zero-order valence-electron chi connectivity index (χ0n) is 50.1. The number of pyridine rings is 1. The van der Waals surface area contributed by atoms with E-state index in [9.17, 15) is 6.48 Å². The summed E-state index contributed by atoms with van der Waals surface area (Å²) < 4.78 is 114. The van der Waals surface area contributed by atoms with Gasteiger partial charge in [-0.2, -0.15) is 0 Å². The van der Waals surface area contributed by atoms with Crippen molar-refractivity contribution in [3.8, 4) is 67.5 Å². The molecule has 0 saturated carbocycles. The number of para-hydroxylation sites is 1. The maximum absolute atomic E-state index is 12.4. The Morgan fingerprint density at radius 3 is 1.98 bits per heavy atom. The maximum atomic E-state index is 12.4. The van der Waals surface area contributed by atoms with Crippen molar-refractivity contribution >= 4 is 11.0 Å². The molecule has 0 aliphatic rings. The van der Waals surface area contributed by atoms with Gasteiger partial charge in [0, 0.05) is 31.1 Å². The first-order valence-electron chi connectivity index (χ1n) is 27.6. The number of rotatable bonds is 8. The molecule has 4 heteroatoms. The molecule has 0 fully saturated rings. The molecule has 1 N–H and O–H groups in total. The Balaban J connectivity index is 1.47. The van der Waals surface area contributed by atoms with Gasteiger partial charge in [0.15, 0.2) is 0 Å². The number of benzene rings is 6. The summed E-state index contributed by atoms with van der Waals surface area (Å²) in [5.41, 5.74) is 6.53. The molecular weight excluding hydrogens is 755 g/mol. The highest BCUT2D eigenvalue weighted by Gasteiger charge is 2.26. The number of nitrogens with zero attached hydrogens (tertiary/aromatic N) is 3. The minimum Gasteiger partial charge on any atom is -0.507 e. The molecule has 0 saturated heterocycles. The Labute approximate surface area is 387 Å². The van der Waals surface area contributed by atoms with Gasteiger partial charge in [-0.25, -0.2) is 4.98 Å². The third-order valence-corrected chi connectivity index (χ3v) is 11.5. The smallest absolute Gasteiger partial charge is 0.149 e. The molecule has 0 unspecified atom stereocenters. The van der Waals surface area contributed by atoms with Crippen molar-refractivity contribution in [3.63, 3.8) is 0 Å². The summed E-state index contributed by atoms with van der Waals surface area (Å²) in [6.45, 7) is 15.2. The quantitative estimate of drug-likeness (QED) is 0.166. The van der Waals surface area contributed by atoms with Gasteiger partial charge in [0.25, 0.3) is 0 Å². The Bertz CT molecular complexity index is 3550. The van der Waals surface area contributed by atoms with Gasteiger partial charge in [-0.1, -0.05) is 159 Å². The average Bonchev–Trinajstić information content (AvgIpc) is 3.71. The second-order valence-corrected chi connectivity index (χ2v) is 18.8. The van der Waals surface area contributed by atoms with E-state index < -0.39 is 78.2 Å². The molecule has 8 rings (SSSR count). The standard InChI is InChI=1S/C58H61N3O/c1-35(2)42-32-48(36(3)4)55(62)50(33-42)56-60-54-47(14-13-15-53(54)61(56)52-25-18-38(6)28-49(52)40-21-23-45(24-22-40)57(7,8)9)43-29-44(31-46(30-43)58(10,11)12)51-34-41(26-27-59-51)39-19-16-37(5)17-20-39/h13-36,62H,1-12H3/i5D3,6D3,16D,17D,19D,20D,26D,27D,34D. The Morgan fingerprint density at radius 1 is 0.613 bits per heavy atom. The number of phenolic OH excluding ortho intramolecular Hbond substituents is 1. The lowest BCUT2D eigenvalue weighted by atomic mass is 9.83. The molecule has 0 spiro atoms. The molecule has 314 valence electrons. The number of hydrogen-bond donors (Lipinski definition) is 1. The number of imidazole rings is 1. The van der Waals surface area contributed by atoms with Crippen LogP contribution in [0, 0.1) is 13.7 Å². The van der Waals surface area contributed by atoms with Crippen molar-refractivity contribution in [2.24, 2.45) is 0 Å². The van der Waals surface area contributed by atoms with Crippen molar-refractivity contribution in [2.75, 3.05) is 0 Å². The zero-order chi connectivity index (χ0) is 55.3. The highest BCUT2D eigenvalue weighted by molar-refractivity contribution is 5.98. The predicted octanol–water partition coefficient (Wildman–Crippen LogP) is 15.9. The van der Waals surface area contributed by atoms with Gasteiger partial charge in [0.05, 0.1) is 37.6 Å².